The predicted molar refractivity (Wildman–Crippen MR) is 159 cm³/mol. The van der Waals surface area contributed by atoms with Gasteiger partial charge in [-0.15, -0.1) is 12.8 Å². The Balaban J connectivity index is 2.29. The molecule has 0 radical (unpaired) electrons. The molecule has 0 spiro atoms. The van der Waals surface area contributed by atoms with Gasteiger partial charge in [-0.05, 0) is 60.7 Å². The zero-order chi connectivity index (χ0) is 27.3. The van der Waals surface area contributed by atoms with Crippen LogP contribution in [0.3, 0.4) is 0 Å². The van der Waals surface area contributed by atoms with Gasteiger partial charge in [-0.2, -0.15) is 0 Å². The van der Waals surface area contributed by atoms with Crippen LogP contribution in [0, 0.1) is 24.7 Å². The van der Waals surface area contributed by atoms with E-state index in [0.29, 0.717) is 49.1 Å². The SMILES string of the molecule is C#Cc1c(C#C)c2cc(OCCCC)c(OCCCC)cc2c2cc(OCCCC)c(OCCCC)cc12. The molecule has 0 heterocycles. The highest BCUT2D eigenvalue weighted by molar-refractivity contribution is 6.14. The van der Waals surface area contributed by atoms with E-state index in [4.69, 9.17) is 31.8 Å². The third-order valence-corrected chi connectivity index (χ3v) is 6.56. The first-order valence-corrected chi connectivity index (χ1v) is 14.2. The fourth-order valence-electron chi connectivity index (χ4n) is 4.31. The molecule has 38 heavy (non-hydrogen) atoms. The van der Waals surface area contributed by atoms with Gasteiger partial charge in [0, 0.05) is 21.9 Å². The molecule has 202 valence electrons. The summed E-state index contributed by atoms with van der Waals surface area (Å²) >= 11 is 0. The molecule has 0 saturated heterocycles. The number of hydrogen-bond donors (Lipinski definition) is 0. The Bertz CT molecular complexity index is 1190. The summed E-state index contributed by atoms with van der Waals surface area (Å²) < 4.78 is 24.8. The lowest BCUT2D eigenvalue weighted by atomic mass is 9.91. The van der Waals surface area contributed by atoms with Crippen LogP contribution in [0.25, 0.3) is 21.5 Å². The summed E-state index contributed by atoms with van der Waals surface area (Å²) in [6.45, 7) is 11.1. The number of rotatable bonds is 16. The Kier molecular flexibility index (Phi) is 11.5. The van der Waals surface area contributed by atoms with Crippen LogP contribution in [0.15, 0.2) is 24.3 Å². The number of hydrogen-bond acceptors (Lipinski definition) is 4. The molecule has 0 N–H and O–H groups in total. The third-order valence-electron chi connectivity index (χ3n) is 6.56. The van der Waals surface area contributed by atoms with Crippen molar-refractivity contribution in [3.05, 3.63) is 35.4 Å². The highest BCUT2D eigenvalue weighted by atomic mass is 16.5. The molecule has 4 heteroatoms. The van der Waals surface area contributed by atoms with E-state index in [2.05, 4.69) is 39.5 Å². The van der Waals surface area contributed by atoms with Crippen LogP contribution in [0.1, 0.15) is 90.2 Å². The van der Waals surface area contributed by atoms with E-state index in [0.717, 1.165) is 84.4 Å². The van der Waals surface area contributed by atoms with E-state index in [-0.39, 0.29) is 0 Å². The second-order valence-electron chi connectivity index (χ2n) is 9.54. The Morgan fingerprint density at radius 2 is 0.737 bits per heavy atom. The van der Waals surface area contributed by atoms with Crippen LogP contribution in [-0.4, -0.2) is 26.4 Å². The molecule has 0 bridgehead atoms. The summed E-state index contributed by atoms with van der Waals surface area (Å²) in [6.07, 6.45) is 20.2. The van der Waals surface area contributed by atoms with Crippen LogP contribution in [0.5, 0.6) is 23.0 Å². The summed E-state index contributed by atoms with van der Waals surface area (Å²) in [5, 5.41) is 3.67. The van der Waals surface area contributed by atoms with Crippen LogP contribution < -0.4 is 18.9 Å². The normalized spacial score (nSPS) is 10.8. The van der Waals surface area contributed by atoms with Gasteiger partial charge in [0.1, 0.15) is 0 Å². The Morgan fingerprint density at radius 1 is 0.474 bits per heavy atom. The van der Waals surface area contributed by atoms with Gasteiger partial charge >= 0.3 is 0 Å². The molecule has 0 fully saturated rings. The largest absolute Gasteiger partial charge is 0.490 e. The predicted octanol–water partition coefficient (Wildman–Crippen LogP) is 8.67. The third kappa shape index (κ3) is 6.87. The molecule has 0 aromatic heterocycles. The number of terminal acetylenes is 2. The molecule has 3 rings (SSSR count). The second kappa shape index (κ2) is 15.0. The van der Waals surface area contributed by atoms with E-state index in [1.807, 2.05) is 24.3 Å². The zero-order valence-corrected chi connectivity index (χ0v) is 23.6. The molecule has 0 aliphatic rings. The van der Waals surface area contributed by atoms with E-state index in [1.165, 1.54) is 0 Å². The van der Waals surface area contributed by atoms with E-state index < -0.39 is 0 Å². The molecular weight excluding hydrogens is 472 g/mol. The summed E-state index contributed by atoms with van der Waals surface area (Å²) in [7, 11) is 0. The van der Waals surface area contributed by atoms with Crippen molar-refractivity contribution in [2.75, 3.05) is 26.4 Å². The minimum atomic E-state index is 0.612. The molecule has 4 nitrogen and oxygen atoms in total. The molecule has 0 amide bonds. The van der Waals surface area contributed by atoms with Crippen LogP contribution in [-0.2, 0) is 0 Å². The lowest BCUT2D eigenvalue weighted by Gasteiger charge is -2.19. The van der Waals surface area contributed by atoms with Gasteiger partial charge in [-0.3, -0.25) is 0 Å². The smallest absolute Gasteiger partial charge is 0.161 e. The average Bonchev–Trinajstić information content (AvgIpc) is 2.93. The monoisotopic (exact) mass is 514 g/mol. The average molecular weight is 515 g/mol. The van der Waals surface area contributed by atoms with Crippen molar-refractivity contribution in [3.8, 4) is 47.7 Å². The molecule has 3 aromatic rings. The fraction of sp³-hybridized carbons (Fsp3) is 0.471. The van der Waals surface area contributed by atoms with Gasteiger partial charge in [0.2, 0.25) is 0 Å². The van der Waals surface area contributed by atoms with E-state index in [1.54, 1.807) is 0 Å². The summed E-state index contributed by atoms with van der Waals surface area (Å²) in [5.74, 6) is 8.56. The molecule has 0 saturated carbocycles. The standard InChI is InChI=1S/C34H42O4/c1-7-13-17-35-31-21-27-25(11-5)26(12-6)28-22-32(36-18-14-8-2)34(38-20-16-10-4)24-30(28)29(27)23-33(31)37-19-15-9-3/h5-6,21-24H,7-10,13-20H2,1-4H3. The maximum absolute atomic E-state index is 6.22. The van der Waals surface area contributed by atoms with Gasteiger partial charge in [0.15, 0.2) is 23.0 Å². The molecule has 0 unspecified atom stereocenters. The first kappa shape index (κ1) is 29.1. The maximum Gasteiger partial charge on any atom is 0.161 e. The maximum atomic E-state index is 6.22. The van der Waals surface area contributed by atoms with Crippen molar-refractivity contribution in [1.82, 2.24) is 0 Å². The number of fused-ring (bicyclic) bond motifs is 3. The van der Waals surface area contributed by atoms with Crippen LogP contribution in [0.4, 0.5) is 0 Å². The first-order valence-electron chi connectivity index (χ1n) is 14.2. The van der Waals surface area contributed by atoms with E-state index in [9.17, 15) is 0 Å². The summed E-state index contributed by atoms with van der Waals surface area (Å²) in [5.41, 5.74) is 1.35. The Labute approximate surface area is 229 Å². The van der Waals surface area contributed by atoms with Crippen molar-refractivity contribution in [1.29, 1.82) is 0 Å². The minimum Gasteiger partial charge on any atom is -0.490 e. The molecule has 0 aliphatic carbocycles. The molecule has 0 atom stereocenters. The lowest BCUT2D eigenvalue weighted by molar-refractivity contribution is 0.262. The fourth-order valence-corrected chi connectivity index (χ4v) is 4.31. The number of unbranched alkanes of at least 4 members (excludes halogenated alkanes) is 4. The molecule has 0 aliphatic heterocycles. The highest BCUT2D eigenvalue weighted by Crippen LogP contribution is 2.43. The first-order chi connectivity index (χ1) is 18.6. The second-order valence-corrected chi connectivity index (χ2v) is 9.54. The van der Waals surface area contributed by atoms with Gasteiger partial charge in [0.25, 0.3) is 0 Å². The lowest BCUT2D eigenvalue weighted by Crippen LogP contribution is -2.04. The van der Waals surface area contributed by atoms with Crippen molar-refractivity contribution < 1.29 is 18.9 Å². The van der Waals surface area contributed by atoms with Gasteiger partial charge < -0.3 is 18.9 Å². The zero-order valence-electron chi connectivity index (χ0n) is 23.6. The topological polar surface area (TPSA) is 36.9 Å². The minimum absolute atomic E-state index is 0.612. The van der Waals surface area contributed by atoms with Crippen LogP contribution in [0.2, 0.25) is 0 Å². The van der Waals surface area contributed by atoms with E-state index >= 15 is 0 Å². The van der Waals surface area contributed by atoms with Crippen molar-refractivity contribution >= 4 is 21.5 Å². The van der Waals surface area contributed by atoms with Crippen LogP contribution >= 0.6 is 0 Å². The Hall–Kier alpha value is -3.50. The van der Waals surface area contributed by atoms with Crippen molar-refractivity contribution in [2.45, 2.75) is 79.1 Å². The van der Waals surface area contributed by atoms with Crippen molar-refractivity contribution in [3.63, 3.8) is 0 Å². The Morgan fingerprint density at radius 3 is 0.974 bits per heavy atom. The van der Waals surface area contributed by atoms with Gasteiger partial charge in [-0.1, -0.05) is 65.2 Å². The highest BCUT2D eigenvalue weighted by Gasteiger charge is 2.19. The summed E-state index contributed by atoms with van der Waals surface area (Å²) in [4.78, 5) is 0. The number of benzene rings is 3. The molecular formula is C34H42O4. The number of ether oxygens (including phenoxy) is 4. The van der Waals surface area contributed by atoms with Gasteiger partial charge in [0.05, 0.1) is 26.4 Å². The van der Waals surface area contributed by atoms with Crippen molar-refractivity contribution in [2.24, 2.45) is 0 Å². The van der Waals surface area contributed by atoms with Gasteiger partial charge in [-0.25, -0.2) is 0 Å². The summed E-state index contributed by atoms with van der Waals surface area (Å²) in [6, 6.07) is 8.07. The molecule has 3 aromatic carbocycles. The quantitative estimate of drug-likeness (QED) is 0.109.